The first-order chi connectivity index (χ1) is 12.8. The Balaban J connectivity index is 1.68. The molecule has 0 spiro atoms. The third-order valence-corrected chi connectivity index (χ3v) is 6.46. The third kappa shape index (κ3) is 4.83. The van der Waals surface area contributed by atoms with Crippen molar-refractivity contribution >= 4 is 74.3 Å². The second-order valence-electron chi connectivity index (χ2n) is 6.04. The van der Waals surface area contributed by atoms with E-state index in [1.54, 1.807) is 25.2 Å². The molecular weight excluding hydrogens is 497 g/mol. The lowest BCUT2D eigenvalue weighted by molar-refractivity contribution is -0.127. The minimum absolute atomic E-state index is 0.0749. The van der Waals surface area contributed by atoms with E-state index < -0.39 is 5.25 Å². The van der Waals surface area contributed by atoms with Crippen molar-refractivity contribution in [2.75, 3.05) is 12.4 Å². The molecule has 0 aliphatic carbocycles. The zero-order valence-corrected chi connectivity index (χ0v) is 18.4. The molecule has 0 saturated carbocycles. The van der Waals surface area contributed by atoms with Crippen LogP contribution in [0.5, 0.6) is 0 Å². The molecule has 5 nitrogen and oxygen atoms in total. The second-order valence-corrected chi connectivity index (χ2v) is 8.86. The summed E-state index contributed by atoms with van der Waals surface area (Å²) >= 11 is 9.62. The molecule has 8 heteroatoms. The lowest BCUT2D eigenvalue weighted by atomic mass is 10.2. The summed E-state index contributed by atoms with van der Waals surface area (Å²) in [7, 11) is 1.68. The molecule has 2 amide bonds. The number of thioether (sulfide) groups is 1. The number of nitrogens with zero attached hydrogens (tertiary/aromatic N) is 2. The molecule has 3 rings (SSSR count). The summed E-state index contributed by atoms with van der Waals surface area (Å²) in [5.41, 5.74) is 2.23. The number of anilines is 1. The van der Waals surface area contributed by atoms with Crippen molar-refractivity contribution in [1.29, 1.82) is 0 Å². The van der Waals surface area contributed by atoms with E-state index in [1.807, 2.05) is 31.2 Å². The maximum absolute atomic E-state index is 12.5. The minimum atomic E-state index is -0.489. The minimum Gasteiger partial charge on any atom is -0.326 e. The third-order valence-electron chi connectivity index (χ3n) is 4.10. The Morgan fingerprint density at radius 1 is 1.30 bits per heavy atom. The van der Waals surface area contributed by atoms with Gasteiger partial charge in [0.25, 0.3) is 0 Å². The van der Waals surface area contributed by atoms with E-state index in [-0.39, 0.29) is 18.2 Å². The average molecular weight is 514 g/mol. The molecule has 27 heavy (non-hydrogen) atoms. The van der Waals surface area contributed by atoms with Gasteiger partial charge in [0.1, 0.15) is 5.25 Å². The van der Waals surface area contributed by atoms with Crippen LogP contribution < -0.4 is 5.32 Å². The number of amidine groups is 1. The molecule has 1 heterocycles. The van der Waals surface area contributed by atoms with Crippen molar-refractivity contribution in [2.45, 2.75) is 18.6 Å². The van der Waals surface area contributed by atoms with Gasteiger partial charge in [-0.15, -0.1) is 0 Å². The first kappa shape index (κ1) is 20.2. The number of carbonyl (C=O) groups is 2. The number of benzene rings is 2. The van der Waals surface area contributed by atoms with Crippen molar-refractivity contribution in [1.82, 2.24) is 4.90 Å². The fraction of sp³-hybridized carbons (Fsp3) is 0.211. The van der Waals surface area contributed by atoms with E-state index in [4.69, 9.17) is 11.6 Å². The first-order valence-electron chi connectivity index (χ1n) is 8.18. The largest absolute Gasteiger partial charge is 0.326 e. The van der Waals surface area contributed by atoms with Crippen molar-refractivity contribution in [3.05, 3.63) is 56.6 Å². The number of carbonyl (C=O) groups excluding carboxylic acids is 2. The van der Waals surface area contributed by atoms with Crippen LogP contribution in [0.15, 0.2) is 47.5 Å². The van der Waals surface area contributed by atoms with E-state index >= 15 is 0 Å². The lowest BCUT2D eigenvalue weighted by Gasteiger charge is -2.11. The van der Waals surface area contributed by atoms with Gasteiger partial charge in [-0.2, -0.15) is 0 Å². The maximum atomic E-state index is 12.5. The Morgan fingerprint density at radius 2 is 2.00 bits per heavy atom. The van der Waals surface area contributed by atoms with Gasteiger partial charge < -0.3 is 5.32 Å². The summed E-state index contributed by atoms with van der Waals surface area (Å²) in [4.78, 5) is 30.9. The highest BCUT2D eigenvalue weighted by Gasteiger charge is 2.37. The SMILES string of the molecule is Cc1c(Cl)cccc1NC(=O)CC1SC(=Nc2ccc(I)cc2)N(C)C1=O. The van der Waals surface area contributed by atoms with Crippen LogP contribution in [0.1, 0.15) is 12.0 Å². The van der Waals surface area contributed by atoms with Gasteiger partial charge in [0, 0.05) is 27.7 Å². The number of nitrogens with one attached hydrogen (secondary N) is 1. The predicted molar refractivity (Wildman–Crippen MR) is 120 cm³/mol. The number of halogens is 2. The second kappa shape index (κ2) is 8.62. The summed E-state index contributed by atoms with van der Waals surface area (Å²) in [5, 5.41) is 3.53. The van der Waals surface area contributed by atoms with Crippen molar-refractivity contribution in [2.24, 2.45) is 4.99 Å². The van der Waals surface area contributed by atoms with Crippen molar-refractivity contribution in [3.8, 4) is 0 Å². The van der Waals surface area contributed by atoms with Crippen LogP contribution in [0.25, 0.3) is 0 Å². The molecule has 0 radical (unpaired) electrons. The van der Waals surface area contributed by atoms with Crippen LogP contribution in [0.2, 0.25) is 5.02 Å². The fourth-order valence-electron chi connectivity index (χ4n) is 2.54. The van der Waals surface area contributed by atoms with Gasteiger partial charge in [0.15, 0.2) is 5.17 Å². The van der Waals surface area contributed by atoms with E-state index in [0.29, 0.717) is 15.9 Å². The summed E-state index contributed by atoms with van der Waals surface area (Å²) in [5.74, 6) is -0.350. The summed E-state index contributed by atoms with van der Waals surface area (Å²) in [6.07, 6.45) is 0.0749. The molecule has 1 atom stereocenters. The highest BCUT2D eigenvalue weighted by molar-refractivity contribution is 14.1. The number of amides is 2. The molecule has 1 aliphatic rings. The predicted octanol–water partition coefficient (Wildman–Crippen LogP) is 4.84. The molecule has 2 aromatic carbocycles. The summed E-state index contributed by atoms with van der Waals surface area (Å²) in [6.45, 7) is 1.84. The topological polar surface area (TPSA) is 61.8 Å². The Labute approximate surface area is 180 Å². The number of rotatable bonds is 4. The van der Waals surface area contributed by atoms with Gasteiger partial charge >= 0.3 is 0 Å². The summed E-state index contributed by atoms with van der Waals surface area (Å²) in [6, 6.07) is 13.0. The fourth-order valence-corrected chi connectivity index (χ4v) is 4.22. The van der Waals surface area contributed by atoms with E-state index in [2.05, 4.69) is 32.9 Å². The molecule has 1 unspecified atom stereocenters. The van der Waals surface area contributed by atoms with Crippen LogP contribution in [0, 0.1) is 10.5 Å². The Morgan fingerprint density at radius 3 is 2.70 bits per heavy atom. The smallest absolute Gasteiger partial charge is 0.242 e. The highest BCUT2D eigenvalue weighted by atomic mass is 127. The van der Waals surface area contributed by atoms with Crippen LogP contribution in [-0.2, 0) is 9.59 Å². The van der Waals surface area contributed by atoms with E-state index in [0.717, 1.165) is 14.8 Å². The van der Waals surface area contributed by atoms with Crippen LogP contribution in [0.3, 0.4) is 0 Å². The van der Waals surface area contributed by atoms with E-state index in [1.165, 1.54) is 16.7 Å². The molecular formula is C19H17ClIN3O2S. The first-order valence-corrected chi connectivity index (χ1v) is 10.5. The molecule has 1 saturated heterocycles. The number of hydrogen-bond donors (Lipinski definition) is 1. The molecule has 1 aliphatic heterocycles. The van der Waals surface area contributed by atoms with Gasteiger partial charge in [-0.3, -0.25) is 14.5 Å². The Kier molecular flexibility index (Phi) is 6.44. The van der Waals surface area contributed by atoms with Gasteiger partial charge in [0.05, 0.1) is 5.69 Å². The van der Waals surface area contributed by atoms with Crippen molar-refractivity contribution in [3.63, 3.8) is 0 Å². The van der Waals surface area contributed by atoms with Crippen LogP contribution >= 0.6 is 46.0 Å². The number of hydrogen-bond acceptors (Lipinski definition) is 4. The molecule has 1 fully saturated rings. The van der Waals surface area contributed by atoms with E-state index in [9.17, 15) is 9.59 Å². The molecule has 0 bridgehead atoms. The standard InChI is InChI=1S/C19H17ClIN3O2S/c1-11-14(20)4-3-5-15(11)23-17(25)10-16-18(26)24(2)19(27-16)22-13-8-6-12(21)7-9-13/h3-9,16H,10H2,1-2H3,(H,23,25). The Bertz CT molecular complexity index is 918. The zero-order valence-electron chi connectivity index (χ0n) is 14.7. The maximum Gasteiger partial charge on any atom is 0.242 e. The molecule has 140 valence electrons. The lowest BCUT2D eigenvalue weighted by Crippen LogP contribution is -2.30. The monoisotopic (exact) mass is 513 g/mol. The van der Waals surface area contributed by atoms with Crippen LogP contribution in [-0.4, -0.2) is 34.2 Å². The quantitative estimate of drug-likeness (QED) is 0.595. The van der Waals surface area contributed by atoms with Gasteiger partial charge in [-0.25, -0.2) is 4.99 Å². The molecule has 1 N–H and O–H groups in total. The average Bonchev–Trinajstić information content (AvgIpc) is 2.89. The van der Waals surface area contributed by atoms with Gasteiger partial charge in [-0.05, 0) is 71.5 Å². The van der Waals surface area contributed by atoms with Crippen LogP contribution in [0.4, 0.5) is 11.4 Å². The zero-order chi connectivity index (χ0) is 19.6. The van der Waals surface area contributed by atoms with Gasteiger partial charge in [-0.1, -0.05) is 29.4 Å². The molecule has 2 aromatic rings. The summed E-state index contributed by atoms with van der Waals surface area (Å²) < 4.78 is 1.12. The number of aliphatic imine (C=N–C) groups is 1. The Hall–Kier alpha value is -1.58. The van der Waals surface area contributed by atoms with Gasteiger partial charge in [0.2, 0.25) is 11.8 Å². The van der Waals surface area contributed by atoms with Crippen molar-refractivity contribution < 1.29 is 9.59 Å². The highest BCUT2D eigenvalue weighted by Crippen LogP contribution is 2.31. The molecule has 0 aromatic heterocycles. The normalized spacial score (nSPS) is 18.2.